The molecule has 100 valence electrons. The summed E-state index contributed by atoms with van der Waals surface area (Å²) in [5, 5.41) is 2.97. The van der Waals surface area contributed by atoms with Crippen molar-refractivity contribution in [1.29, 1.82) is 0 Å². The Kier molecular flexibility index (Phi) is 6.41. The monoisotopic (exact) mass is 311 g/mol. The third-order valence-electron chi connectivity index (χ3n) is 2.80. The van der Waals surface area contributed by atoms with Gasteiger partial charge in [-0.05, 0) is 31.2 Å². The molecule has 0 saturated carbocycles. The van der Waals surface area contributed by atoms with Gasteiger partial charge in [0.15, 0.2) is 0 Å². The van der Waals surface area contributed by atoms with Crippen LogP contribution in [0.25, 0.3) is 0 Å². The van der Waals surface area contributed by atoms with Crippen LogP contribution < -0.4 is 5.32 Å². The number of aryl methyl sites for hydroxylation is 1. The molecule has 0 heterocycles. The maximum absolute atomic E-state index is 11.8. The largest absolute Gasteiger partial charge is 0.355 e. The van der Waals surface area contributed by atoms with E-state index in [2.05, 4.69) is 66.3 Å². The van der Waals surface area contributed by atoms with Gasteiger partial charge in [-0.3, -0.25) is 4.79 Å². The molecule has 18 heavy (non-hydrogen) atoms. The molecule has 0 aliphatic carbocycles. The van der Waals surface area contributed by atoms with Crippen molar-refractivity contribution in [3.8, 4) is 0 Å². The minimum atomic E-state index is -0.0736. The second-order valence-corrected chi connectivity index (χ2v) is 6.23. The third-order valence-corrected chi connectivity index (χ3v) is 3.59. The maximum atomic E-state index is 11.8. The highest BCUT2D eigenvalue weighted by Crippen LogP contribution is 2.12. The van der Waals surface area contributed by atoms with Crippen molar-refractivity contribution in [3.05, 3.63) is 35.4 Å². The summed E-state index contributed by atoms with van der Waals surface area (Å²) in [7, 11) is 0. The van der Waals surface area contributed by atoms with E-state index in [0.717, 1.165) is 12.8 Å². The van der Waals surface area contributed by atoms with Crippen LogP contribution in [-0.2, 0) is 11.2 Å². The predicted molar refractivity (Wildman–Crippen MR) is 80.1 cm³/mol. The number of rotatable bonds is 6. The number of benzene rings is 1. The lowest BCUT2D eigenvalue weighted by atomic mass is 10.1. The molecule has 1 rings (SSSR count). The molecule has 3 heteroatoms. The third kappa shape index (κ3) is 5.67. The Labute approximate surface area is 118 Å². The summed E-state index contributed by atoms with van der Waals surface area (Å²) in [5.74, 6) is 0.619. The van der Waals surface area contributed by atoms with Crippen molar-refractivity contribution in [3.63, 3.8) is 0 Å². The Morgan fingerprint density at radius 1 is 1.28 bits per heavy atom. The molecule has 1 amide bonds. The van der Waals surface area contributed by atoms with Crippen molar-refractivity contribution >= 4 is 21.8 Å². The number of amides is 1. The van der Waals surface area contributed by atoms with E-state index in [9.17, 15) is 4.79 Å². The first kappa shape index (κ1) is 15.2. The van der Waals surface area contributed by atoms with E-state index in [0.29, 0.717) is 12.5 Å². The highest BCUT2D eigenvalue weighted by molar-refractivity contribution is 9.10. The topological polar surface area (TPSA) is 29.1 Å². The molecule has 2 nitrogen and oxygen atoms in total. The second-order valence-electron chi connectivity index (χ2n) is 5.12. The fraction of sp³-hybridized carbons (Fsp3) is 0.533. The van der Waals surface area contributed by atoms with Crippen molar-refractivity contribution < 1.29 is 4.79 Å². The van der Waals surface area contributed by atoms with E-state index in [1.165, 1.54) is 11.1 Å². The molecule has 0 fully saturated rings. The fourth-order valence-corrected chi connectivity index (χ4v) is 2.63. The Balaban J connectivity index is 2.29. The van der Waals surface area contributed by atoms with Gasteiger partial charge in [-0.15, -0.1) is 0 Å². The average molecular weight is 312 g/mol. The van der Waals surface area contributed by atoms with Crippen LogP contribution >= 0.6 is 15.9 Å². The smallest absolute Gasteiger partial charge is 0.233 e. The van der Waals surface area contributed by atoms with Gasteiger partial charge < -0.3 is 5.32 Å². The summed E-state index contributed by atoms with van der Waals surface area (Å²) >= 11 is 3.43. The Bertz CT molecular complexity index is 373. The van der Waals surface area contributed by atoms with Gasteiger partial charge in [0.25, 0.3) is 0 Å². The summed E-state index contributed by atoms with van der Waals surface area (Å²) in [5.41, 5.74) is 2.52. The standard InChI is InChI=1S/C15H22BrNO/c1-11(2)10-14(16)15(18)17-9-8-13-6-4-12(3)5-7-13/h4-7,11,14H,8-10H2,1-3H3,(H,17,18). The number of hydrogen-bond donors (Lipinski definition) is 1. The number of nitrogens with one attached hydrogen (secondary N) is 1. The normalized spacial score (nSPS) is 12.5. The molecule has 1 N–H and O–H groups in total. The maximum Gasteiger partial charge on any atom is 0.233 e. The van der Waals surface area contributed by atoms with Crippen molar-refractivity contribution in [2.75, 3.05) is 6.54 Å². The van der Waals surface area contributed by atoms with Crippen LogP contribution in [0.15, 0.2) is 24.3 Å². The van der Waals surface area contributed by atoms with Crippen LogP contribution in [0.5, 0.6) is 0 Å². The van der Waals surface area contributed by atoms with E-state index < -0.39 is 0 Å². The quantitative estimate of drug-likeness (QED) is 0.801. The minimum absolute atomic E-state index is 0.0736. The van der Waals surface area contributed by atoms with E-state index in [1.807, 2.05) is 0 Å². The SMILES string of the molecule is Cc1ccc(CCNC(=O)C(Br)CC(C)C)cc1. The summed E-state index contributed by atoms with van der Waals surface area (Å²) in [6.07, 6.45) is 1.75. The fourth-order valence-electron chi connectivity index (χ4n) is 1.72. The molecule has 1 aromatic rings. The molecule has 0 spiro atoms. The first-order chi connectivity index (χ1) is 8.49. The van der Waals surface area contributed by atoms with Crippen LogP contribution in [-0.4, -0.2) is 17.3 Å². The first-order valence-electron chi connectivity index (χ1n) is 6.46. The van der Waals surface area contributed by atoms with Gasteiger partial charge in [-0.1, -0.05) is 59.6 Å². The van der Waals surface area contributed by atoms with Gasteiger partial charge in [0.2, 0.25) is 5.91 Å². The van der Waals surface area contributed by atoms with Crippen molar-refractivity contribution in [2.45, 2.75) is 38.4 Å². The molecular formula is C15H22BrNO. The predicted octanol–water partition coefficient (Wildman–Crippen LogP) is 3.46. The summed E-state index contributed by atoms with van der Waals surface area (Å²) in [6.45, 7) is 7.01. The highest BCUT2D eigenvalue weighted by atomic mass is 79.9. The Hall–Kier alpha value is -0.830. The lowest BCUT2D eigenvalue weighted by Crippen LogP contribution is -2.33. The van der Waals surface area contributed by atoms with Crippen molar-refractivity contribution in [2.24, 2.45) is 5.92 Å². The lowest BCUT2D eigenvalue weighted by Gasteiger charge is -2.12. The zero-order valence-electron chi connectivity index (χ0n) is 11.4. The molecule has 1 unspecified atom stereocenters. The van der Waals surface area contributed by atoms with Gasteiger partial charge in [-0.2, -0.15) is 0 Å². The average Bonchev–Trinajstić information content (AvgIpc) is 2.30. The number of carbonyl (C=O) groups is 1. The number of carbonyl (C=O) groups excluding carboxylic acids is 1. The molecule has 0 saturated heterocycles. The molecule has 1 aromatic carbocycles. The van der Waals surface area contributed by atoms with Crippen LogP contribution in [0.2, 0.25) is 0 Å². The number of hydrogen-bond acceptors (Lipinski definition) is 1. The molecule has 0 aromatic heterocycles. The van der Waals surface area contributed by atoms with Gasteiger partial charge in [-0.25, -0.2) is 0 Å². The molecule has 0 aliphatic heterocycles. The molecular weight excluding hydrogens is 290 g/mol. The van der Waals surface area contributed by atoms with Crippen LogP contribution in [0.4, 0.5) is 0 Å². The molecule has 0 bridgehead atoms. The van der Waals surface area contributed by atoms with Crippen LogP contribution in [0, 0.1) is 12.8 Å². The lowest BCUT2D eigenvalue weighted by molar-refractivity contribution is -0.120. The highest BCUT2D eigenvalue weighted by Gasteiger charge is 2.15. The Morgan fingerprint density at radius 2 is 1.89 bits per heavy atom. The molecule has 0 aliphatic rings. The van der Waals surface area contributed by atoms with Gasteiger partial charge in [0, 0.05) is 6.54 Å². The minimum Gasteiger partial charge on any atom is -0.355 e. The summed E-state index contributed by atoms with van der Waals surface area (Å²) in [6, 6.07) is 8.43. The summed E-state index contributed by atoms with van der Waals surface area (Å²) < 4.78 is 0. The van der Waals surface area contributed by atoms with Crippen LogP contribution in [0.3, 0.4) is 0 Å². The van der Waals surface area contributed by atoms with Gasteiger partial charge >= 0.3 is 0 Å². The van der Waals surface area contributed by atoms with Gasteiger partial charge in [0.1, 0.15) is 0 Å². The van der Waals surface area contributed by atoms with E-state index in [4.69, 9.17) is 0 Å². The van der Waals surface area contributed by atoms with Crippen LogP contribution in [0.1, 0.15) is 31.4 Å². The van der Waals surface area contributed by atoms with E-state index >= 15 is 0 Å². The molecule has 1 atom stereocenters. The molecule has 0 radical (unpaired) electrons. The number of alkyl halides is 1. The number of halogens is 1. The van der Waals surface area contributed by atoms with Crippen molar-refractivity contribution in [1.82, 2.24) is 5.32 Å². The second kappa shape index (κ2) is 7.57. The summed E-state index contributed by atoms with van der Waals surface area (Å²) in [4.78, 5) is 11.7. The zero-order chi connectivity index (χ0) is 13.5. The Morgan fingerprint density at radius 3 is 2.44 bits per heavy atom. The van der Waals surface area contributed by atoms with E-state index in [1.54, 1.807) is 0 Å². The first-order valence-corrected chi connectivity index (χ1v) is 7.38. The van der Waals surface area contributed by atoms with Gasteiger partial charge in [0.05, 0.1) is 4.83 Å². The van der Waals surface area contributed by atoms with E-state index in [-0.39, 0.29) is 10.7 Å². The zero-order valence-corrected chi connectivity index (χ0v) is 13.0.